The Morgan fingerprint density at radius 1 is 1.05 bits per heavy atom. The fraction of sp³-hybridized carbons (Fsp3) is 0.406. The summed E-state index contributed by atoms with van der Waals surface area (Å²) in [5.74, 6) is 0.923. The lowest BCUT2D eigenvalue weighted by molar-refractivity contribution is -0.137. The Hall–Kier alpha value is -3.07. The van der Waals surface area contributed by atoms with Crippen LogP contribution in [0.4, 0.5) is 13.2 Å². The number of benzene rings is 3. The first-order valence-corrected chi connectivity index (χ1v) is 14.3. The molecule has 220 valence electrons. The summed E-state index contributed by atoms with van der Waals surface area (Å²) in [4.78, 5) is 16.5. The SMILES string of the molecule is CC(CN(CCCOc1cccc(CC(=O)N2CCOCC2)c1)Cc1cccc(C(F)(F)F)c1Cl)c1ccccc1. The van der Waals surface area contributed by atoms with Gasteiger partial charge in [-0.2, -0.15) is 13.2 Å². The highest BCUT2D eigenvalue weighted by Crippen LogP contribution is 2.36. The van der Waals surface area contributed by atoms with Crippen molar-refractivity contribution in [1.82, 2.24) is 9.80 Å². The van der Waals surface area contributed by atoms with Gasteiger partial charge in [-0.3, -0.25) is 9.69 Å². The van der Waals surface area contributed by atoms with Gasteiger partial charge in [-0.1, -0.05) is 73.1 Å². The molecule has 0 spiro atoms. The van der Waals surface area contributed by atoms with E-state index in [1.807, 2.05) is 47.4 Å². The summed E-state index contributed by atoms with van der Waals surface area (Å²) in [7, 11) is 0. The Bertz CT molecular complexity index is 1270. The van der Waals surface area contributed by atoms with Gasteiger partial charge in [0.25, 0.3) is 0 Å². The smallest absolute Gasteiger partial charge is 0.417 e. The molecular weight excluding hydrogens is 553 g/mol. The van der Waals surface area contributed by atoms with Crippen LogP contribution in [0, 0.1) is 0 Å². The molecule has 1 unspecified atom stereocenters. The molecule has 1 aliphatic heterocycles. The van der Waals surface area contributed by atoms with Crippen molar-refractivity contribution < 1.29 is 27.4 Å². The predicted molar refractivity (Wildman–Crippen MR) is 154 cm³/mol. The van der Waals surface area contributed by atoms with Gasteiger partial charge in [-0.05, 0) is 47.2 Å². The molecule has 0 bridgehead atoms. The zero-order valence-electron chi connectivity index (χ0n) is 23.2. The van der Waals surface area contributed by atoms with E-state index in [1.165, 1.54) is 6.07 Å². The van der Waals surface area contributed by atoms with E-state index in [0.717, 1.165) is 17.2 Å². The molecule has 0 aromatic heterocycles. The van der Waals surface area contributed by atoms with Crippen molar-refractivity contribution >= 4 is 17.5 Å². The Morgan fingerprint density at radius 3 is 2.51 bits per heavy atom. The summed E-state index contributed by atoms with van der Waals surface area (Å²) in [6.45, 7) is 6.43. The second-order valence-corrected chi connectivity index (χ2v) is 10.7. The molecule has 0 aliphatic carbocycles. The first-order valence-electron chi connectivity index (χ1n) is 13.9. The van der Waals surface area contributed by atoms with Crippen LogP contribution in [-0.4, -0.2) is 61.7 Å². The lowest BCUT2D eigenvalue weighted by atomic mass is 10.00. The van der Waals surface area contributed by atoms with Gasteiger partial charge in [0.15, 0.2) is 0 Å². The van der Waals surface area contributed by atoms with Crippen molar-refractivity contribution in [1.29, 1.82) is 0 Å². The highest BCUT2D eigenvalue weighted by Gasteiger charge is 2.34. The molecule has 41 heavy (non-hydrogen) atoms. The summed E-state index contributed by atoms with van der Waals surface area (Å²) < 4.78 is 51.7. The molecule has 1 aliphatic rings. The van der Waals surface area contributed by atoms with Crippen LogP contribution >= 0.6 is 11.6 Å². The average Bonchev–Trinajstić information content (AvgIpc) is 2.96. The number of ether oxygens (including phenoxy) is 2. The molecule has 1 heterocycles. The molecule has 0 radical (unpaired) electrons. The van der Waals surface area contributed by atoms with Crippen molar-refractivity contribution in [3.8, 4) is 5.75 Å². The fourth-order valence-electron chi connectivity index (χ4n) is 4.99. The molecule has 3 aromatic carbocycles. The number of carbonyl (C=O) groups excluding carboxylic acids is 1. The molecule has 1 amide bonds. The van der Waals surface area contributed by atoms with Crippen LogP contribution in [0.1, 0.15) is 41.5 Å². The second kappa shape index (κ2) is 14.7. The molecule has 1 atom stereocenters. The number of alkyl halides is 3. The van der Waals surface area contributed by atoms with E-state index in [-0.39, 0.29) is 16.8 Å². The summed E-state index contributed by atoms with van der Waals surface area (Å²) in [5.41, 5.74) is 1.67. The summed E-state index contributed by atoms with van der Waals surface area (Å²) >= 11 is 6.23. The van der Waals surface area contributed by atoms with E-state index < -0.39 is 11.7 Å². The molecule has 9 heteroatoms. The molecule has 0 saturated carbocycles. The summed E-state index contributed by atoms with van der Waals surface area (Å²) in [6, 6.07) is 21.6. The fourth-order valence-corrected chi connectivity index (χ4v) is 5.29. The van der Waals surface area contributed by atoms with Gasteiger partial charge in [0.05, 0.1) is 36.8 Å². The van der Waals surface area contributed by atoms with Crippen LogP contribution in [0.5, 0.6) is 5.75 Å². The number of carbonyl (C=O) groups is 1. The molecule has 1 saturated heterocycles. The molecule has 0 N–H and O–H groups in total. The third-order valence-corrected chi connectivity index (χ3v) is 7.63. The van der Waals surface area contributed by atoms with Crippen molar-refractivity contribution in [2.75, 3.05) is 46.0 Å². The number of nitrogens with zero attached hydrogens (tertiary/aromatic N) is 2. The molecule has 4 rings (SSSR count). The Balaban J connectivity index is 1.37. The van der Waals surface area contributed by atoms with Gasteiger partial charge in [0, 0.05) is 32.7 Å². The maximum atomic E-state index is 13.5. The molecule has 1 fully saturated rings. The zero-order chi connectivity index (χ0) is 29.2. The predicted octanol–water partition coefficient (Wildman–Crippen LogP) is 6.83. The minimum Gasteiger partial charge on any atom is -0.494 e. The highest BCUT2D eigenvalue weighted by atomic mass is 35.5. The maximum Gasteiger partial charge on any atom is 0.417 e. The van der Waals surface area contributed by atoms with E-state index in [1.54, 1.807) is 6.07 Å². The average molecular weight is 589 g/mol. The van der Waals surface area contributed by atoms with Crippen LogP contribution in [0.25, 0.3) is 0 Å². The molecule has 5 nitrogen and oxygen atoms in total. The minimum absolute atomic E-state index is 0.0712. The first-order chi connectivity index (χ1) is 19.7. The number of hydrogen-bond acceptors (Lipinski definition) is 4. The normalized spacial score (nSPS) is 14.7. The van der Waals surface area contributed by atoms with Gasteiger partial charge in [0.2, 0.25) is 5.91 Å². The van der Waals surface area contributed by atoms with Gasteiger partial charge >= 0.3 is 6.18 Å². The van der Waals surface area contributed by atoms with E-state index in [9.17, 15) is 18.0 Å². The number of morpholine rings is 1. The van der Waals surface area contributed by atoms with Crippen molar-refractivity contribution in [2.45, 2.75) is 38.4 Å². The molecule has 3 aromatic rings. The second-order valence-electron chi connectivity index (χ2n) is 10.3. The quantitative estimate of drug-likeness (QED) is 0.217. The van der Waals surface area contributed by atoms with Crippen LogP contribution in [-0.2, 0) is 28.7 Å². The monoisotopic (exact) mass is 588 g/mol. The Kier molecular flexibility index (Phi) is 11.1. The standard InChI is InChI=1S/C32H36ClF3N2O3/c1-24(26-9-3-2-4-10-26)22-37(23-27-11-6-13-29(31(27)33)32(34,35)36)14-7-17-41-28-12-5-8-25(20-28)21-30(39)38-15-18-40-19-16-38/h2-6,8-13,20,24H,7,14-19,21-23H2,1H3. The van der Waals surface area contributed by atoms with Crippen molar-refractivity contribution in [2.24, 2.45) is 0 Å². The van der Waals surface area contributed by atoms with Crippen molar-refractivity contribution in [3.63, 3.8) is 0 Å². The van der Waals surface area contributed by atoms with E-state index >= 15 is 0 Å². The van der Waals surface area contributed by atoms with Gasteiger partial charge in [-0.25, -0.2) is 0 Å². The number of amides is 1. The first kappa shape index (κ1) is 30.9. The van der Waals surface area contributed by atoms with E-state index in [0.29, 0.717) is 76.7 Å². The number of rotatable bonds is 12. The minimum atomic E-state index is -4.51. The van der Waals surface area contributed by atoms with Gasteiger partial charge in [0.1, 0.15) is 5.75 Å². The highest BCUT2D eigenvalue weighted by molar-refractivity contribution is 6.32. The lowest BCUT2D eigenvalue weighted by Crippen LogP contribution is -2.41. The lowest BCUT2D eigenvalue weighted by Gasteiger charge is -2.27. The van der Waals surface area contributed by atoms with Crippen LogP contribution in [0.2, 0.25) is 5.02 Å². The van der Waals surface area contributed by atoms with Crippen LogP contribution in [0.3, 0.4) is 0 Å². The van der Waals surface area contributed by atoms with Crippen molar-refractivity contribution in [3.05, 3.63) is 100 Å². The van der Waals surface area contributed by atoms with Gasteiger partial charge < -0.3 is 14.4 Å². The zero-order valence-corrected chi connectivity index (χ0v) is 24.0. The largest absolute Gasteiger partial charge is 0.494 e. The Labute approximate surface area is 244 Å². The third kappa shape index (κ3) is 9.21. The number of halogens is 4. The topological polar surface area (TPSA) is 42.0 Å². The third-order valence-electron chi connectivity index (χ3n) is 7.18. The van der Waals surface area contributed by atoms with E-state index in [4.69, 9.17) is 21.1 Å². The summed E-state index contributed by atoms with van der Waals surface area (Å²) in [6.07, 6.45) is -3.54. The van der Waals surface area contributed by atoms with Crippen LogP contribution < -0.4 is 4.74 Å². The number of hydrogen-bond donors (Lipinski definition) is 0. The maximum absolute atomic E-state index is 13.5. The van der Waals surface area contributed by atoms with Crippen LogP contribution in [0.15, 0.2) is 72.8 Å². The van der Waals surface area contributed by atoms with Gasteiger partial charge in [-0.15, -0.1) is 0 Å². The van der Waals surface area contributed by atoms with E-state index in [2.05, 4.69) is 24.0 Å². The summed E-state index contributed by atoms with van der Waals surface area (Å²) in [5, 5.41) is -0.253. The Morgan fingerprint density at radius 2 is 1.78 bits per heavy atom. The molecular formula is C32H36ClF3N2O3.